The van der Waals surface area contributed by atoms with Crippen molar-refractivity contribution in [3.63, 3.8) is 0 Å². The van der Waals surface area contributed by atoms with Crippen molar-refractivity contribution in [2.45, 2.75) is 13.3 Å². The molecule has 0 spiro atoms. The molecule has 1 amide bonds. The monoisotopic (exact) mass is 174 g/mol. The number of thioether (sulfide) groups is 1. The summed E-state index contributed by atoms with van der Waals surface area (Å²) in [6, 6.07) is 0. The van der Waals surface area contributed by atoms with E-state index in [0.717, 1.165) is 13.0 Å². The first-order chi connectivity index (χ1) is 5.16. The molecule has 3 nitrogen and oxygen atoms in total. The zero-order valence-electron chi connectivity index (χ0n) is 6.72. The standard InChI is InChI=1S/C7H14N2OS/c1-3-4-9-7(10)5-11-6(2)8/h2-5,8H2,1H3,(H,9,10). The second kappa shape index (κ2) is 6.09. The molecule has 0 aromatic heterocycles. The molecule has 0 aliphatic carbocycles. The lowest BCUT2D eigenvalue weighted by Crippen LogP contribution is -2.25. The molecule has 0 radical (unpaired) electrons. The topological polar surface area (TPSA) is 55.1 Å². The van der Waals surface area contributed by atoms with Gasteiger partial charge in [-0.1, -0.05) is 25.3 Å². The van der Waals surface area contributed by atoms with Crippen molar-refractivity contribution < 1.29 is 4.79 Å². The fraction of sp³-hybridized carbons (Fsp3) is 0.571. The second-order valence-corrected chi connectivity index (χ2v) is 3.21. The van der Waals surface area contributed by atoms with Gasteiger partial charge in [0.25, 0.3) is 0 Å². The van der Waals surface area contributed by atoms with E-state index in [2.05, 4.69) is 11.9 Å². The van der Waals surface area contributed by atoms with Gasteiger partial charge in [-0.05, 0) is 6.42 Å². The molecule has 0 aromatic rings. The Morgan fingerprint density at radius 1 is 1.73 bits per heavy atom. The molecule has 0 bridgehead atoms. The predicted octanol–water partition coefficient (Wildman–Crippen LogP) is 0.676. The van der Waals surface area contributed by atoms with Crippen LogP contribution in [0.15, 0.2) is 11.6 Å². The third kappa shape index (κ3) is 7.25. The van der Waals surface area contributed by atoms with E-state index in [1.54, 1.807) is 0 Å². The van der Waals surface area contributed by atoms with Gasteiger partial charge in [-0.25, -0.2) is 0 Å². The van der Waals surface area contributed by atoms with Gasteiger partial charge in [-0.2, -0.15) is 0 Å². The Morgan fingerprint density at radius 3 is 2.82 bits per heavy atom. The largest absolute Gasteiger partial charge is 0.394 e. The lowest BCUT2D eigenvalue weighted by Gasteiger charge is -2.01. The number of amides is 1. The Bertz CT molecular complexity index is 147. The van der Waals surface area contributed by atoms with Gasteiger partial charge < -0.3 is 11.1 Å². The highest BCUT2D eigenvalue weighted by Gasteiger charge is 1.99. The molecule has 0 saturated heterocycles. The number of nitrogens with two attached hydrogens (primary N) is 1. The van der Waals surface area contributed by atoms with Gasteiger partial charge in [0, 0.05) is 6.54 Å². The lowest BCUT2D eigenvalue weighted by molar-refractivity contribution is -0.118. The van der Waals surface area contributed by atoms with Crippen molar-refractivity contribution in [2.24, 2.45) is 5.73 Å². The fourth-order valence-electron chi connectivity index (χ4n) is 0.474. The van der Waals surface area contributed by atoms with Crippen LogP contribution >= 0.6 is 11.8 Å². The third-order valence-corrected chi connectivity index (χ3v) is 1.74. The highest BCUT2D eigenvalue weighted by molar-refractivity contribution is 8.03. The Kier molecular flexibility index (Phi) is 5.74. The van der Waals surface area contributed by atoms with Gasteiger partial charge in [0.1, 0.15) is 0 Å². The van der Waals surface area contributed by atoms with E-state index in [4.69, 9.17) is 5.73 Å². The number of hydrogen-bond acceptors (Lipinski definition) is 3. The minimum absolute atomic E-state index is 0.0171. The van der Waals surface area contributed by atoms with Crippen LogP contribution in [0.3, 0.4) is 0 Å². The first-order valence-electron chi connectivity index (χ1n) is 3.50. The lowest BCUT2D eigenvalue weighted by atomic mass is 10.5. The van der Waals surface area contributed by atoms with Crippen LogP contribution < -0.4 is 11.1 Å². The van der Waals surface area contributed by atoms with E-state index in [0.29, 0.717) is 10.8 Å². The van der Waals surface area contributed by atoms with Gasteiger partial charge in [-0.15, -0.1) is 0 Å². The normalized spacial score (nSPS) is 9.18. The molecule has 4 heteroatoms. The van der Waals surface area contributed by atoms with Gasteiger partial charge in [0.05, 0.1) is 10.8 Å². The van der Waals surface area contributed by atoms with Crippen molar-refractivity contribution in [2.75, 3.05) is 12.3 Å². The van der Waals surface area contributed by atoms with E-state index >= 15 is 0 Å². The number of carbonyl (C=O) groups excluding carboxylic acids is 1. The molecular weight excluding hydrogens is 160 g/mol. The summed E-state index contributed by atoms with van der Waals surface area (Å²) in [7, 11) is 0. The SMILES string of the molecule is C=C(N)SCC(=O)NCCC. The summed E-state index contributed by atoms with van der Waals surface area (Å²) in [6.07, 6.45) is 0.958. The van der Waals surface area contributed by atoms with Crippen LogP contribution in [0.25, 0.3) is 0 Å². The average Bonchev–Trinajstić information content (AvgIpc) is 1.97. The van der Waals surface area contributed by atoms with E-state index < -0.39 is 0 Å². The Labute approximate surface area is 71.4 Å². The molecule has 0 aromatic carbocycles. The molecule has 0 unspecified atom stereocenters. The summed E-state index contributed by atoms with van der Waals surface area (Å²) in [6.45, 7) is 6.21. The zero-order valence-corrected chi connectivity index (χ0v) is 7.54. The van der Waals surface area contributed by atoms with Gasteiger partial charge in [0.2, 0.25) is 5.91 Å². The maximum absolute atomic E-state index is 10.9. The van der Waals surface area contributed by atoms with Crippen molar-refractivity contribution in [3.8, 4) is 0 Å². The summed E-state index contributed by atoms with van der Waals surface area (Å²) in [5.41, 5.74) is 5.26. The Balaban J connectivity index is 3.30. The number of hydrogen-bond donors (Lipinski definition) is 2. The fourth-order valence-corrected chi connectivity index (χ4v) is 0.892. The molecule has 0 aliphatic rings. The molecule has 64 valence electrons. The molecule has 0 saturated carbocycles. The molecule has 0 aliphatic heterocycles. The quantitative estimate of drug-likeness (QED) is 0.644. The van der Waals surface area contributed by atoms with E-state index in [9.17, 15) is 4.79 Å². The minimum Gasteiger partial charge on any atom is -0.394 e. The van der Waals surface area contributed by atoms with Gasteiger partial charge in [0.15, 0.2) is 0 Å². The molecule has 11 heavy (non-hydrogen) atoms. The van der Waals surface area contributed by atoms with Crippen LogP contribution in [0.5, 0.6) is 0 Å². The molecule has 0 fully saturated rings. The minimum atomic E-state index is 0.0171. The highest BCUT2D eigenvalue weighted by Crippen LogP contribution is 2.04. The van der Waals surface area contributed by atoms with E-state index in [1.807, 2.05) is 6.92 Å². The summed E-state index contributed by atoms with van der Waals surface area (Å²) in [4.78, 5) is 10.9. The van der Waals surface area contributed by atoms with Crippen molar-refractivity contribution in [1.82, 2.24) is 5.32 Å². The molecule has 0 atom stereocenters. The van der Waals surface area contributed by atoms with Crippen LogP contribution in [0.4, 0.5) is 0 Å². The molecule has 0 rings (SSSR count). The smallest absolute Gasteiger partial charge is 0.230 e. The first-order valence-corrected chi connectivity index (χ1v) is 4.49. The summed E-state index contributed by atoms with van der Waals surface area (Å²) < 4.78 is 0. The van der Waals surface area contributed by atoms with Crippen molar-refractivity contribution in [1.29, 1.82) is 0 Å². The predicted molar refractivity (Wildman–Crippen MR) is 49.1 cm³/mol. The van der Waals surface area contributed by atoms with E-state index in [-0.39, 0.29) is 5.91 Å². The van der Waals surface area contributed by atoms with Crippen molar-refractivity contribution in [3.05, 3.63) is 11.6 Å². The van der Waals surface area contributed by atoms with Crippen LogP contribution in [0, 0.1) is 0 Å². The first kappa shape index (κ1) is 10.4. The van der Waals surface area contributed by atoms with Crippen LogP contribution in [-0.4, -0.2) is 18.2 Å². The van der Waals surface area contributed by atoms with Crippen LogP contribution in [-0.2, 0) is 4.79 Å². The summed E-state index contributed by atoms with van der Waals surface area (Å²) in [5.74, 6) is 0.387. The number of carbonyl (C=O) groups is 1. The Morgan fingerprint density at radius 2 is 2.36 bits per heavy atom. The molecule has 3 N–H and O–H groups in total. The molecule has 0 heterocycles. The van der Waals surface area contributed by atoms with Gasteiger partial charge >= 0.3 is 0 Å². The van der Waals surface area contributed by atoms with Crippen LogP contribution in [0.1, 0.15) is 13.3 Å². The third-order valence-electron chi connectivity index (χ3n) is 0.961. The van der Waals surface area contributed by atoms with Crippen molar-refractivity contribution >= 4 is 17.7 Å². The summed E-state index contributed by atoms with van der Waals surface area (Å²) in [5, 5.41) is 3.21. The average molecular weight is 174 g/mol. The molecular formula is C7H14N2OS. The van der Waals surface area contributed by atoms with Gasteiger partial charge in [-0.3, -0.25) is 4.79 Å². The van der Waals surface area contributed by atoms with E-state index in [1.165, 1.54) is 11.8 Å². The summed E-state index contributed by atoms with van der Waals surface area (Å²) >= 11 is 1.26. The maximum atomic E-state index is 10.9. The number of rotatable bonds is 5. The number of nitrogens with one attached hydrogen (secondary N) is 1. The van der Waals surface area contributed by atoms with Crippen LogP contribution in [0.2, 0.25) is 0 Å². The zero-order chi connectivity index (χ0) is 8.69. The maximum Gasteiger partial charge on any atom is 0.230 e. The Hall–Kier alpha value is -0.640. The second-order valence-electron chi connectivity index (χ2n) is 2.10. The highest BCUT2D eigenvalue weighted by atomic mass is 32.2.